The van der Waals surface area contributed by atoms with Gasteiger partial charge in [-0.3, -0.25) is 0 Å². The molecule has 0 unspecified atom stereocenters. The van der Waals surface area contributed by atoms with E-state index in [0.29, 0.717) is 5.92 Å². The number of likely N-dealkylation sites (N-methyl/N-ethyl adjacent to an activating group) is 1. The first-order valence-electron chi connectivity index (χ1n) is 8.73. The van der Waals surface area contributed by atoms with Gasteiger partial charge in [0.05, 0.1) is 0 Å². The lowest BCUT2D eigenvalue weighted by atomic mass is 10.1. The van der Waals surface area contributed by atoms with Crippen molar-refractivity contribution in [2.45, 2.75) is 25.3 Å². The predicted molar refractivity (Wildman–Crippen MR) is 93.8 cm³/mol. The van der Waals surface area contributed by atoms with Crippen LogP contribution in [-0.2, 0) is 0 Å². The van der Waals surface area contributed by atoms with E-state index in [4.69, 9.17) is 0 Å². The van der Waals surface area contributed by atoms with Crippen molar-refractivity contribution in [2.24, 2.45) is 5.92 Å². The minimum absolute atomic E-state index is 0.0107. The summed E-state index contributed by atoms with van der Waals surface area (Å²) >= 11 is 0. The lowest BCUT2D eigenvalue weighted by molar-refractivity contribution is 0.208. The number of rotatable bonds is 4. The maximum atomic E-state index is 12.1. The van der Waals surface area contributed by atoms with Crippen LogP contribution in [0.15, 0.2) is 30.3 Å². The normalized spacial score (nSPS) is 25.3. The molecule has 0 bridgehead atoms. The molecular weight excluding hydrogens is 288 g/mol. The highest BCUT2D eigenvalue weighted by Gasteiger charge is 2.24. The zero-order valence-electron chi connectivity index (χ0n) is 14.0. The minimum Gasteiger partial charge on any atom is -0.371 e. The minimum atomic E-state index is -0.0107. The highest BCUT2D eigenvalue weighted by molar-refractivity contribution is 5.74. The van der Waals surface area contributed by atoms with Crippen LogP contribution in [-0.4, -0.2) is 56.7 Å². The van der Waals surface area contributed by atoms with Crippen molar-refractivity contribution in [1.82, 2.24) is 15.5 Å². The monoisotopic (exact) mass is 316 g/mol. The van der Waals surface area contributed by atoms with Crippen LogP contribution in [0.2, 0.25) is 0 Å². The van der Waals surface area contributed by atoms with Crippen LogP contribution in [0.5, 0.6) is 0 Å². The molecule has 3 rings (SSSR count). The number of nitrogens with zero attached hydrogens (tertiary/aromatic N) is 2. The van der Waals surface area contributed by atoms with Crippen LogP contribution in [0.1, 0.15) is 19.3 Å². The lowest BCUT2D eigenvalue weighted by Crippen LogP contribution is -2.50. The molecule has 2 aliphatic rings. The third-order valence-electron chi connectivity index (χ3n) is 4.92. The topological polar surface area (TPSA) is 47.6 Å². The number of amides is 2. The first-order valence-corrected chi connectivity index (χ1v) is 8.73. The molecule has 1 aromatic carbocycles. The van der Waals surface area contributed by atoms with E-state index < -0.39 is 0 Å². The highest BCUT2D eigenvalue weighted by Crippen LogP contribution is 2.22. The van der Waals surface area contributed by atoms with E-state index in [1.807, 2.05) is 6.07 Å². The number of urea groups is 1. The standard InChI is InChI=1S/C18H28N4O/c1-21-10-5-6-16(14-21)20-18(23)19-12-15-9-11-22(13-15)17-7-3-2-4-8-17/h2-4,7-8,15-16H,5-6,9-14H2,1H3,(H2,19,20,23)/t15-,16-/m1/s1. The maximum absolute atomic E-state index is 12.1. The van der Waals surface area contributed by atoms with Gasteiger partial charge in [-0.25, -0.2) is 4.79 Å². The molecule has 0 aliphatic carbocycles. The van der Waals surface area contributed by atoms with Crippen molar-refractivity contribution in [3.05, 3.63) is 30.3 Å². The number of likely N-dealkylation sites (tertiary alicyclic amines) is 1. The van der Waals surface area contributed by atoms with Crippen LogP contribution in [0.4, 0.5) is 10.5 Å². The van der Waals surface area contributed by atoms with E-state index >= 15 is 0 Å². The Morgan fingerprint density at radius 3 is 2.78 bits per heavy atom. The molecule has 0 saturated carbocycles. The summed E-state index contributed by atoms with van der Waals surface area (Å²) < 4.78 is 0. The number of hydrogen-bond acceptors (Lipinski definition) is 3. The molecule has 5 nitrogen and oxygen atoms in total. The van der Waals surface area contributed by atoms with E-state index in [0.717, 1.165) is 52.0 Å². The van der Waals surface area contributed by atoms with Crippen molar-refractivity contribution >= 4 is 11.7 Å². The van der Waals surface area contributed by atoms with Gasteiger partial charge in [0, 0.05) is 37.9 Å². The number of carbonyl (C=O) groups excluding carboxylic acids is 1. The molecule has 2 atom stereocenters. The summed E-state index contributed by atoms with van der Waals surface area (Å²) in [5, 5.41) is 6.17. The Morgan fingerprint density at radius 2 is 2.00 bits per heavy atom. The molecule has 2 amide bonds. The summed E-state index contributed by atoms with van der Waals surface area (Å²) in [6, 6.07) is 10.8. The molecule has 2 heterocycles. The SMILES string of the molecule is CN1CCC[C@@H](NC(=O)NC[C@H]2CCN(c3ccccc3)C2)C1. The average Bonchev–Trinajstić information content (AvgIpc) is 3.03. The second-order valence-electron chi connectivity index (χ2n) is 6.89. The van der Waals surface area contributed by atoms with Crippen molar-refractivity contribution in [3.63, 3.8) is 0 Å². The van der Waals surface area contributed by atoms with E-state index in [-0.39, 0.29) is 12.1 Å². The van der Waals surface area contributed by atoms with Gasteiger partial charge in [-0.05, 0) is 50.9 Å². The van der Waals surface area contributed by atoms with E-state index in [1.54, 1.807) is 0 Å². The fourth-order valence-electron chi connectivity index (χ4n) is 3.63. The van der Waals surface area contributed by atoms with E-state index in [1.165, 1.54) is 5.69 Å². The molecule has 23 heavy (non-hydrogen) atoms. The quantitative estimate of drug-likeness (QED) is 0.892. The Labute approximate surface area is 139 Å². The number of piperidine rings is 1. The van der Waals surface area contributed by atoms with Crippen LogP contribution < -0.4 is 15.5 Å². The molecule has 2 aliphatic heterocycles. The van der Waals surface area contributed by atoms with Crippen LogP contribution >= 0.6 is 0 Å². The molecule has 2 fully saturated rings. The summed E-state index contributed by atoms with van der Waals surface area (Å²) in [5.41, 5.74) is 1.28. The molecule has 0 radical (unpaired) electrons. The van der Waals surface area contributed by atoms with Crippen molar-refractivity contribution in [1.29, 1.82) is 0 Å². The molecule has 2 saturated heterocycles. The van der Waals surface area contributed by atoms with Gasteiger partial charge in [0.2, 0.25) is 0 Å². The van der Waals surface area contributed by atoms with Crippen LogP contribution in [0.25, 0.3) is 0 Å². The fourth-order valence-corrected chi connectivity index (χ4v) is 3.63. The number of anilines is 1. The highest BCUT2D eigenvalue weighted by atomic mass is 16.2. The Balaban J connectivity index is 1.38. The van der Waals surface area contributed by atoms with Gasteiger partial charge in [-0.2, -0.15) is 0 Å². The average molecular weight is 316 g/mol. The largest absolute Gasteiger partial charge is 0.371 e. The molecule has 5 heteroatoms. The van der Waals surface area contributed by atoms with Gasteiger partial charge < -0.3 is 20.4 Å². The predicted octanol–water partition coefficient (Wildman–Crippen LogP) is 1.91. The van der Waals surface area contributed by atoms with Gasteiger partial charge in [-0.15, -0.1) is 0 Å². The number of para-hydroxylation sites is 1. The van der Waals surface area contributed by atoms with Crippen molar-refractivity contribution in [3.8, 4) is 0 Å². The first-order chi connectivity index (χ1) is 11.2. The number of carbonyl (C=O) groups is 1. The smallest absolute Gasteiger partial charge is 0.315 e. The second-order valence-corrected chi connectivity index (χ2v) is 6.89. The third kappa shape index (κ3) is 4.61. The molecule has 2 N–H and O–H groups in total. The number of benzene rings is 1. The lowest BCUT2D eigenvalue weighted by Gasteiger charge is -2.30. The molecular formula is C18H28N4O. The van der Waals surface area contributed by atoms with Gasteiger partial charge in [0.1, 0.15) is 0 Å². The zero-order chi connectivity index (χ0) is 16.1. The molecule has 0 aromatic heterocycles. The Kier molecular flexibility index (Phi) is 5.39. The second kappa shape index (κ2) is 7.68. The summed E-state index contributed by atoms with van der Waals surface area (Å²) in [6.45, 7) is 4.95. The summed E-state index contributed by atoms with van der Waals surface area (Å²) in [5.74, 6) is 0.537. The molecule has 126 valence electrons. The van der Waals surface area contributed by atoms with E-state index in [9.17, 15) is 4.79 Å². The van der Waals surface area contributed by atoms with Gasteiger partial charge in [0.15, 0.2) is 0 Å². The van der Waals surface area contributed by atoms with E-state index in [2.05, 4.69) is 51.7 Å². The van der Waals surface area contributed by atoms with Crippen LogP contribution in [0.3, 0.4) is 0 Å². The third-order valence-corrected chi connectivity index (χ3v) is 4.92. The summed E-state index contributed by atoms with van der Waals surface area (Å²) in [4.78, 5) is 16.8. The number of hydrogen-bond donors (Lipinski definition) is 2. The summed E-state index contributed by atoms with van der Waals surface area (Å²) in [7, 11) is 2.11. The van der Waals surface area contributed by atoms with Gasteiger partial charge in [0.25, 0.3) is 0 Å². The van der Waals surface area contributed by atoms with Crippen molar-refractivity contribution < 1.29 is 4.79 Å². The van der Waals surface area contributed by atoms with Crippen molar-refractivity contribution in [2.75, 3.05) is 44.7 Å². The van der Waals surface area contributed by atoms with Gasteiger partial charge >= 0.3 is 6.03 Å². The first kappa shape index (κ1) is 16.1. The molecule has 0 spiro atoms. The molecule has 1 aromatic rings. The zero-order valence-corrected chi connectivity index (χ0v) is 14.0. The summed E-state index contributed by atoms with van der Waals surface area (Å²) in [6.07, 6.45) is 3.39. The fraction of sp³-hybridized carbons (Fsp3) is 0.611. The number of nitrogens with one attached hydrogen (secondary N) is 2. The maximum Gasteiger partial charge on any atom is 0.315 e. The Bertz CT molecular complexity index is 507. The van der Waals surface area contributed by atoms with Gasteiger partial charge in [-0.1, -0.05) is 18.2 Å². The Hall–Kier alpha value is -1.75. The van der Waals surface area contributed by atoms with Crippen LogP contribution in [0, 0.1) is 5.92 Å². The Morgan fingerprint density at radius 1 is 1.17 bits per heavy atom.